The number of hydrogen-bond acceptors (Lipinski definition) is 4. The Morgan fingerprint density at radius 3 is 2.39 bits per heavy atom. The van der Waals surface area contributed by atoms with Gasteiger partial charge in [0, 0.05) is 18.0 Å². The molecular formula is C19H20F4N2O3. The molecule has 0 atom stereocenters. The molecule has 1 N–H and O–H groups in total. The minimum Gasteiger partial charge on any atom is -0.475 e. The second kappa shape index (κ2) is 8.55. The molecule has 28 heavy (non-hydrogen) atoms. The van der Waals surface area contributed by atoms with Crippen molar-refractivity contribution in [1.29, 1.82) is 0 Å². The number of amides is 1. The number of rotatable bonds is 6. The van der Waals surface area contributed by atoms with Crippen LogP contribution in [0.15, 0.2) is 36.5 Å². The summed E-state index contributed by atoms with van der Waals surface area (Å²) in [4.78, 5) is 16.1. The van der Waals surface area contributed by atoms with Crippen LogP contribution in [0.25, 0.3) is 0 Å². The molecule has 1 aromatic heterocycles. The minimum absolute atomic E-state index is 0.108. The van der Waals surface area contributed by atoms with Gasteiger partial charge in [-0.05, 0) is 45.0 Å². The van der Waals surface area contributed by atoms with E-state index in [2.05, 4.69) is 10.3 Å². The summed E-state index contributed by atoms with van der Waals surface area (Å²) in [5.74, 6) is -1.82. The van der Waals surface area contributed by atoms with E-state index in [4.69, 9.17) is 9.47 Å². The molecule has 5 nitrogen and oxygen atoms in total. The highest BCUT2D eigenvalue weighted by molar-refractivity contribution is 6.04. The van der Waals surface area contributed by atoms with Gasteiger partial charge in [-0.25, -0.2) is 9.37 Å². The predicted octanol–water partition coefficient (Wildman–Crippen LogP) is 4.69. The molecule has 0 spiro atoms. The number of nitrogens with one attached hydrogen (secondary N) is 1. The number of alkyl halides is 3. The van der Waals surface area contributed by atoms with Crippen molar-refractivity contribution in [3.63, 3.8) is 0 Å². The Hall–Kier alpha value is -2.68. The summed E-state index contributed by atoms with van der Waals surface area (Å²) in [7, 11) is 0. The largest absolute Gasteiger partial charge is 0.475 e. The summed E-state index contributed by atoms with van der Waals surface area (Å²) < 4.78 is 62.4. The van der Waals surface area contributed by atoms with E-state index in [-0.39, 0.29) is 29.3 Å². The molecule has 1 amide bonds. The van der Waals surface area contributed by atoms with E-state index in [0.29, 0.717) is 18.7 Å². The first-order valence-corrected chi connectivity index (χ1v) is 8.36. The molecule has 0 saturated heterocycles. The number of ether oxygens (including phenoxy) is 2. The van der Waals surface area contributed by atoms with Crippen LogP contribution < -0.4 is 10.1 Å². The molecule has 0 aliphatic heterocycles. The third-order valence-electron chi connectivity index (χ3n) is 3.40. The van der Waals surface area contributed by atoms with Gasteiger partial charge in [0.25, 0.3) is 5.91 Å². The first-order valence-electron chi connectivity index (χ1n) is 8.36. The van der Waals surface area contributed by atoms with E-state index < -0.39 is 23.5 Å². The summed E-state index contributed by atoms with van der Waals surface area (Å²) in [5.41, 5.74) is -1.82. The van der Waals surface area contributed by atoms with Crippen molar-refractivity contribution in [3.8, 4) is 5.88 Å². The number of anilines is 1. The molecule has 0 radical (unpaired) electrons. The van der Waals surface area contributed by atoms with Gasteiger partial charge in [-0.2, -0.15) is 13.2 Å². The Balaban J connectivity index is 1.96. The normalized spacial score (nSPS) is 12.0. The lowest BCUT2D eigenvalue weighted by molar-refractivity contribution is -0.139. The fraction of sp³-hybridized carbons (Fsp3) is 0.368. The number of hydrogen-bond donors (Lipinski definition) is 1. The van der Waals surface area contributed by atoms with Gasteiger partial charge in [-0.15, -0.1) is 0 Å². The average Bonchev–Trinajstić information content (AvgIpc) is 2.59. The van der Waals surface area contributed by atoms with Crippen molar-refractivity contribution in [3.05, 3.63) is 53.5 Å². The Morgan fingerprint density at radius 2 is 1.82 bits per heavy atom. The summed E-state index contributed by atoms with van der Waals surface area (Å²) in [6.07, 6.45) is -3.63. The van der Waals surface area contributed by atoms with Crippen molar-refractivity contribution in [1.82, 2.24) is 4.98 Å². The highest BCUT2D eigenvalue weighted by Crippen LogP contribution is 2.33. The number of halogens is 4. The summed E-state index contributed by atoms with van der Waals surface area (Å²) in [6, 6.07) is 5.09. The Bertz CT molecular complexity index is 815. The highest BCUT2D eigenvalue weighted by atomic mass is 19.4. The van der Waals surface area contributed by atoms with Crippen molar-refractivity contribution in [2.24, 2.45) is 0 Å². The molecule has 2 rings (SSSR count). The van der Waals surface area contributed by atoms with E-state index in [1.807, 2.05) is 20.8 Å². The van der Waals surface area contributed by atoms with Crippen molar-refractivity contribution >= 4 is 11.6 Å². The van der Waals surface area contributed by atoms with Crippen LogP contribution in [-0.2, 0) is 10.9 Å². The van der Waals surface area contributed by atoms with Gasteiger partial charge in [-0.1, -0.05) is 0 Å². The third kappa shape index (κ3) is 6.49. The van der Waals surface area contributed by atoms with Crippen molar-refractivity contribution in [2.45, 2.75) is 32.5 Å². The summed E-state index contributed by atoms with van der Waals surface area (Å²) in [5, 5.41) is 2.28. The standard InChI is InChI=1S/C19H20F4N2O3/c1-18(2,3)28-9-8-27-16-7-4-12(11-24-16)17(26)25-13-5-6-15(20)14(10-13)19(21,22)23/h4-7,10-11H,8-9H2,1-3H3,(H,25,26). The molecule has 0 bridgehead atoms. The van der Waals surface area contributed by atoms with Gasteiger partial charge < -0.3 is 14.8 Å². The van der Waals surface area contributed by atoms with Crippen LogP contribution in [0, 0.1) is 5.82 Å². The van der Waals surface area contributed by atoms with Crippen molar-refractivity contribution < 1.29 is 31.8 Å². The quantitative estimate of drug-likeness (QED) is 0.565. The Kier molecular flexibility index (Phi) is 6.60. The predicted molar refractivity (Wildman–Crippen MR) is 94.8 cm³/mol. The number of carbonyl (C=O) groups excluding carboxylic acids is 1. The van der Waals surface area contributed by atoms with Gasteiger partial charge in [-0.3, -0.25) is 4.79 Å². The van der Waals surface area contributed by atoms with Crippen molar-refractivity contribution in [2.75, 3.05) is 18.5 Å². The van der Waals surface area contributed by atoms with E-state index >= 15 is 0 Å². The number of benzene rings is 1. The maximum absolute atomic E-state index is 13.3. The number of pyridine rings is 1. The minimum atomic E-state index is -4.86. The van der Waals surface area contributed by atoms with Gasteiger partial charge in [0.1, 0.15) is 12.4 Å². The van der Waals surface area contributed by atoms with Crippen LogP contribution in [0.3, 0.4) is 0 Å². The van der Waals surface area contributed by atoms with E-state index in [0.717, 1.165) is 6.07 Å². The van der Waals surface area contributed by atoms with E-state index in [1.54, 1.807) is 0 Å². The fourth-order valence-corrected chi connectivity index (χ4v) is 2.12. The number of carbonyl (C=O) groups is 1. The molecule has 0 aliphatic carbocycles. The zero-order valence-corrected chi connectivity index (χ0v) is 15.6. The van der Waals surface area contributed by atoms with Gasteiger partial charge in [0.05, 0.1) is 23.3 Å². The molecule has 2 aromatic rings. The lowest BCUT2D eigenvalue weighted by Crippen LogP contribution is -2.22. The molecule has 1 aromatic carbocycles. The average molecular weight is 400 g/mol. The zero-order chi connectivity index (χ0) is 20.9. The van der Waals surface area contributed by atoms with E-state index in [9.17, 15) is 22.4 Å². The highest BCUT2D eigenvalue weighted by Gasteiger charge is 2.34. The lowest BCUT2D eigenvalue weighted by atomic mass is 10.1. The number of aromatic nitrogens is 1. The van der Waals surface area contributed by atoms with Gasteiger partial charge in [0.15, 0.2) is 0 Å². The van der Waals surface area contributed by atoms with Gasteiger partial charge >= 0.3 is 6.18 Å². The fourth-order valence-electron chi connectivity index (χ4n) is 2.12. The molecule has 0 unspecified atom stereocenters. The first kappa shape index (κ1) is 21.6. The van der Waals surface area contributed by atoms with Crippen LogP contribution in [0.1, 0.15) is 36.7 Å². The second-order valence-electron chi connectivity index (χ2n) is 6.84. The maximum Gasteiger partial charge on any atom is 0.419 e. The molecule has 1 heterocycles. The van der Waals surface area contributed by atoms with Crippen LogP contribution >= 0.6 is 0 Å². The zero-order valence-electron chi connectivity index (χ0n) is 15.6. The molecule has 0 aliphatic rings. The van der Waals surface area contributed by atoms with E-state index in [1.165, 1.54) is 18.3 Å². The molecule has 0 saturated carbocycles. The summed E-state index contributed by atoms with van der Waals surface area (Å²) >= 11 is 0. The Morgan fingerprint density at radius 1 is 1.11 bits per heavy atom. The molecule has 0 fully saturated rings. The topological polar surface area (TPSA) is 60.5 Å². The smallest absolute Gasteiger partial charge is 0.419 e. The number of nitrogens with zero attached hydrogens (tertiary/aromatic N) is 1. The first-order chi connectivity index (χ1) is 13.0. The van der Waals surface area contributed by atoms with Crippen LogP contribution in [0.5, 0.6) is 5.88 Å². The lowest BCUT2D eigenvalue weighted by Gasteiger charge is -2.19. The van der Waals surface area contributed by atoms with Crippen LogP contribution in [-0.4, -0.2) is 29.7 Å². The SMILES string of the molecule is CC(C)(C)OCCOc1ccc(C(=O)Nc2ccc(F)c(C(F)(F)F)c2)cn1. The molecular weight excluding hydrogens is 380 g/mol. The van der Waals surface area contributed by atoms with Crippen LogP contribution in [0.4, 0.5) is 23.2 Å². The van der Waals surface area contributed by atoms with Crippen LogP contribution in [0.2, 0.25) is 0 Å². The monoisotopic (exact) mass is 400 g/mol. The maximum atomic E-state index is 13.3. The second-order valence-corrected chi connectivity index (χ2v) is 6.84. The van der Waals surface area contributed by atoms with Gasteiger partial charge in [0.2, 0.25) is 5.88 Å². The Labute approximate surface area is 159 Å². The molecule has 9 heteroatoms. The summed E-state index contributed by atoms with van der Waals surface area (Å²) in [6.45, 7) is 6.37. The third-order valence-corrected chi connectivity index (χ3v) is 3.40. The molecule has 152 valence electrons.